The first-order valence-corrected chi connectivity index (χ1v) is 10.4. The Bertz CT molecular complexity index is 1420. The first-order chi connectivity index (χ1) is 15.2. The van der Waals surface area contributed by atoms with Gasteiger partial charge in [0.25, 0.3) is 5.56 Å². The lowest BCUT2D eigenvalue weighted by Gasteiger charge is -2.17. The van der Waals surface area contributed by atoms with Gasteiger partial charge < -0.3 is 4.57 Å². The standard InChI is InChI=1S/C24H21N5O2/c25-14-17-8-4-5-9-18(17)15-27-16-26-22-21(27)23(30)29(20-12-6-7-13-20)24(31)28(22)19-10-2-1-3-11-19/h1-5,8-11,16,20H,6-7,12-13,15H2. The van der Waals surface area contributed by atoms with Gasteiger partial charge >= 0.3 is 5.69 Å². The van der Waals surface area contributed by atoms with Gasteiger partial charge in [0, 0.05) is 6.04 Å². The predicted octanol–water partition coefficient (Wildman–Crippen LogP) is 3.38. The third-order valence-corrected chi connectivity index (χ3v) is 6.03. The van der Waals surface area contributed by atoms with Crippen LogP contribution in [-0.4, -0.2) is 18.7 Å². The summed E-state index contributed by atoms with van der Waals surface area (Å²) in [5.41, 5.74) is 2.08. The van der Waals surface area contributed by atoms with E-state index < -0.39 is 0 Å². The van der Waals surface area contributed by atoms with Crippen molar-refractivity contribution in [1.29, 1.82) is 5.26 Å². The normalized spacial score (nSPS) is 14.2. The number of imidazole rings is 1. The lowest BCUT2D eigenvalue weighted by atomic mass is 10.1. The van der Waals surface area contributed by atoms with Crippen LogP contribution in [0.25, 0.3) is 16.9 Å². The monoisotopic (exact) mass is 411 g/mol. The van der Waals surface area contributed by atoms with Crippen molar-refractivity contribution in [3.8, 4) is 11.8 Å². The molecule has 2 aromatic heterocycles. The van der Waals surface area contributed by atoms with Gasteiger partial charge in [0.2, 0.25) is 0 Å². The number of hydrogen-bond donors (Lipinski definition) is 0. The SMILES string of the molecule is N#Cc1ccccc1Cn1cnc2c1c(=O)n(C1CCCC1)c(=O)n2-c1ccccc1. The molecule has 7 heteroatoms. The average molecular weight is 411 g/mol. The fourth-order valence-electron chi connectivity index (χ4n) is 4.52. The Morgan fingerprint density at radius 1 is 1.00 bits per heavy atom. The highest BCUT2D eigenvalue weighted by molar-refractivity contribution is 5.72. The maximum atomic E-state index is 13.6. The molecule has 0 N–H and O–H groups in total. The lowest BCUT2D eigenvalue weighted by Crippen LogP contribution is -2.41. The van der Waals surface area contributed by atoms with Crippen LogP contribution >= 0.6 is 0 Å². The highest BCUT2D eigenvalue weighted by Gasteiger charge is 2.26. The van der Waals surface area contributed by atoms with Gasteiger partial charge in [-0.2, -0.15) is 5.26 Å². The second-order valence-electron chi connectivity index (χ2n) is 7.88. The highest BCUT2D eigenvalue weighted by atomic mass is 16.2. The molecule has 0 unspecified atom stereocenters. The minimum absolute atomic E-state index is 0.103. The minimum Gasteiger partial charge on any atom is -0.320 e. The summed E-state index contributed by atoms with van der Waals surface area (Å²) >= 11 is 0. The van der Waals surface area contributed by atoms with Gasteiger partial charge in [0.1, 0.15) is 0 Å². The van der Waals surface area contributed by atoms with Crippen LogP contribution in [0.4, 0.5) is 0 Å². The molecule has 0 aliphatic heterocycles. The fraction of sp³-hybridized carbons (Fsp3) is 0.250. The summed E-state index contributed by atoms with van der Waals surface area (Å²) in [5, 5.41) is 9.45. The summed E-state index contributed by atoms with van der Waals surface area (Å²) in [6, 6.07) is 18.7. The van der Waals surface area contributed by atoms with Gasteiger partial charge in [-0.3, -0.25) is 9.36 Å². The number of rotatable bonds is 4. The summed E-state index contributed by atoms with van der Waals surface area (Å²) in [4.78, 5) is 31.5. The van der Waals surface area contributed by atoms with Crippen LogP contribution in [0.5, 0.6) is 0 Å². The molecule has 1 aliphatic rings. The van der Waals surface area contributed by atoms with Gasteiger partial charge in [-0.05, 0) is 36.6 Å². The van der Waals surface area contributed by atoms with Crippen molar-refractivity contribution >= 4 is 11.2 Å². The van der Waals surface area contributed by atoms with Gasteiger partial charge in [0.05, 0.1) is 30.2 Å². The summed E-state index contributed by atoms with van der Waals surface area (Å²) in [7, 11) is 0. The van der Waals surface area contributed by atoms with Gasteiger partial charge in [-0.1, -0.05) is 49.2 Å². The zero-order valence-corrected chi connectivity index (χ0v) is 16.9. The van der Waals surface area contributed by atoms with Crippen LogP contribution in [0.2, 0.25) is 0 Å². The number of aromatic nitrogens is 4. The van der Waals surface area contributed by atoms with Crippen molar-refractivity contribution in [2.24, 2.45) is 0 Å². The molecule has 1 fully saturated rings. The molecule has 0 amide bonds. The van der Waals surface area contributed by atoms with E-state index in [2.05, 4.69) is 11.1 Å². The molecule has 5 rings (SSSR count). The first kappa shape index (κ1) is 19.1. The van der Waals surface area contributed by atoms with Crippen LogP contribution in [-0.2, 0) is 6.54 Å². The molecule has 0 bridgehead atoms. The third kappa shape index (κ3) is 3.17. The molecule has 0 spiro atoms. The van der Waals surface area contributed by atoms with E-state index in [1.807, 2.05) is 48.5 Å². The van der Waals surface area contributed by atoms with E-state index in [9.17, 15) is 14.9 Å². The van der Waals surface area contributed by atoms with E-state index in [1.165, 1.54) is 9.13 Å². The van der Waals surface area contributed by atoms with E-state index >= 15 is 0 Å². The summed E-state index contributed by atoms with van der Waals surface area (Å²) in [6.07, 6.45) is 5.24. The second kappa shape index (κ2) is 7.73. The van der Waals surface area contributed by atoms with Gasteiger partial charge in [-0.25, -0.2) is 14.3 Å². The Morgan fingerprint density at radius 2 is 1.71 bits per heavy atom. The number of nitriles is 1. The quantitative estimate of drug-likeness (QED) is 0.515. The van der Waals surface area contributed by atoms with Crippen LogP contribution < -0.4 is 11.2 Å². The zero-order valence-electron chi connectivity index (χ0n) is 16.9. The van der Waals surface area contributed by atoms with Crippen molar-refractivity contribution in [3.05, 3.63) is 92.9 Å². The first-order valence-electron chi connectivity index (χ1n) is 10.4. The Morgan fingerprint density at radius 3 is 2.45 bits per heavy atom. The molecule has 154 valence electrons. The van der Waals surface area contributed by atoms with Gasteiger partial charge in [0.15, 0.2) is 11.2 Å². The van der Waals surface area contributed by atoms with E-state index in [0.29, 0.717) is 29.0 Å². The molecular formula is C24H21N5O2. The number of fused-ring (bicyclic) bond motifs is 1. The molecule has 0 radical (unpaired) electrons. The van der Waals surface area contributed by atoms with E-state index in [4.69, 9.17) is 0 Å². The van der Waals surface area contributed by atoms with Crippen molar-refractivity contribution in [2.45, 2.75) is 38.3 Å². The van der Waals surface area contributed by atoms with Crippen molar-refractivity contribution < 1.29 is 0 Å². The molecule has 2 aromatic carbocycles. The van der Waals surface area contributed by atoms with Crippen LogP contribution in [0.1, 0.15) is 42.9 Å². The molecule has 7 nitrogen and oxygen atoms in total. The smallest absolute Gasteiger partial charge is 0.320 e. The summed E-state index contributed by atoms with van der Waals surface area (Å²) in [5.74, 6) is 0. The molecule has 31 heavy (non-hydrogen) atoms. The summed E-state index contributed by atoms with van der Waals surface area (Å²) < 4.78 is 4.69. The summed E-state index contributed by atoms with van der Waals surface area (Å²) in [6.45, 7) is 0.327. The molecular weight excluding hydrogens is 390 g/mol. The van der Waals surface area contributed by atoms with Crippen molar-refractivity contribution in [1.82, 2.24) is 18.7 Å². The Kier molecular flexibility index (Phi) is 4.75. The maximum absolute atomic E-state index is 13.6. The molecule has 4 aromatic rings. The molecule has 1 saturated carbocycles. The van der Waals surface area contributed by atoms with Crippen LogP contribution in [0.3, 0.4) is 0 Å². The van der Waals surface area contributed by atoms with E-state index in [1.54, 1.807) is 17.0 Å². The molecule has 0 atom stereocenters. The number of para-hydroxylation sites is 1. The Labute approximate surface area is 178 Å². The zero-order chi connectivity index (χ0) is 21.4. The second-order valence-corrected chi connectivity index (χ2v) is 7.88. The van der Waals surface area contributed by atoms with Crippen LogP contribution in [0, 0.1) is 11.3 Å². The Balaban J connectivity index is 1.79. The molecule has 0 saturated heterocycles. The van der Waals surface area contributed by atoms with Gasteiger partial charge in [-0.15, -0.1) is 0 Å². The average Bonchev–Trinajstić information content (AvgIpc) is 3.46. The highest BCUT2D eigenvalue weighted by Crippen LogP contribution is 2.28. The van der Waals surface area contributed by atoms with Crippen molar-refractivity contribution in [2.75, 3.05) is 0 Å². The Hall–Kier alpha value is -3.92. The number of hydrogen-bond acceptors (Lipinski definition) is 4. The van der Waals surface area contributed by atoms with Crippen LogP contribution in [0.15, 0.2) is 70.5 Å². The third-order valence-electron chi connectivity index (χ3n) is 6.03. The van der Waals surface area contributed by atoms with E-state index in [0.717, 1.165) is 31.2 Å². The molecule has 2 heterocycles. The topological polar surface area (TPSA) is 85.6 Å². The minimum atomic E-state index is -0.349. The predicted molar refractivity (Wildman–Crippen MR) is 117 cm³/mol. The number of benzene rings is 2. The largest absolute Gasteiger partial charge is 0.337 e. The maximum Gasteiger partial charge on any atom is 0.337 e. The lowest BCUT2D eigenvalue weighted by molar-refractivity contribution is 0.474. The fourth-order valence-corrected chi connectivity index (χ4v) is 4.52. The van der Waals surface area contributed by atoms with E-state index in [-0.39, 0.29) is 17.3 Å². The number of nitrogens with zero attached hydrogens (tertiary/aromatic N) is 5. The molecule has 1 aliphatic carbocycles. The van der Waals surface area contributed by atoms with Crippen molar-refractivity contribution in [3.63, 3.8) is 0 Å².